The van der Waals surface area contributed by atoms with Crippen LogP contribution >= 0.6 is 11.6 Å². The SMILES string of the molecule is CNC(CS(=O)c1ccccc1Cl)c1ccc(C)c(C)c1. The first kappa shape index (κ1) is 16.2. The minimum Gasteiger partial charge on any atom is -0.312 e. The van der Waals surface area contributed by atoms with Crippen LogP contribution in [0.2, 0.25) is 5.02 Å². The molecule has 2 aromatic rings. The van der Waals surface area contributed by atoms with Crippen LogP contribution < -0.4 is 5.32 Å². The largest absolute Gasteiger partial charge is 0.312 e. The van der Waals surface area contributed by atoms with Gasteiger partial charge in [-0.15, -0.1) is 0 Å². The zero-order chi connectivity index (χ0) is 15.4. The Morgan fingerprint density at radius 2 is 1.86 bits per heavy atom. The Morgan fingerprint density at radius 1 is 1.14 bits per heavy atom. The van der Waals surface area contributed by atoms with Gasteiger partial charge in [-0.25, -0.2) is 0 Å². The quantitative estimate of drug-likeness (QED) is 0.901. The summed E-state index contributed by atoms with van der Waals surface area (Å²) in [6.07, 6.45) is 0. The maximum absolute atomic E-state index is 12.5. The van der Waals surface area contributed by atoms with Crippen molar-refractivity contribution in [2.24, 2.45) is 0 Å². The summed E-state index contributed by atoms with van der Waals surface area (Å²) in [5, 5.41) is 3.81. The Labute approximate surface area is 134 Å². The lowest BCUT2D eigenvalue weighted by atomic mass is 10.0. The molecule has 0 heterocycles. The number of halogens is 1. The molecule has 0 saturated carbocycles. The van der Waals surface area contributed by atoms with Gasteiger partial charge in [-0.05, 0) is 49.7 Å². The molecule has 0 saturated heterocycles. The molecule has 1 N–H and O–H groups in total. The molecule has 0 aliphatic rings. The molecule has 4 heteroatoms. The maximum atomic E-state index is 12.5. The first-order valence-electron chi connectivity index (χ1n) is 6.90. The van der Waals surface area contributed by atoms with Crippen molar-refractivity contribution in [3.63, 3.8) is 0 Å². The van der Waals surface area contributed by atoms with Crippen LogP contribution in [-0.4, -0.2) is 17.0 Å². The van der Waals surface area contributed by atoms with Gasteiger partial charge in [0.05, 0.1) is 20.7 Å². The van der Waals surface area contributed by atoms with Crippen LogP contribution in [0, 0.1) is 13.8 Å². The van der Waals surface area contributed by atoms with Crippen LogP contribution in [0.5, 0.6) is 0 Å². The number of benzene rings is 2. The van der Waals surface area contributed by atoms with Crippen molar-refractivity contribution in [2.75, 3.05) is 12.8 Å². The molecule has 0 amide bonds. The lowest BCUT2D eigenvalue weighted by molar-refractivity contribution is 0.635. The van der Waals surface area contributed by atoms with Crippen LogP contribution in [0.1, 0.15) is 22.7 Å². The normalized spacial score (nSPS) is 13.9. The van der Waals surface area contributed by atoms with Crippen LogP contribution in [0.25, 0.3) is 0 Å². The van der Waals surface area contributed by atoms with E-state index in [0.717, 1.165) is 5.56 Å². The summed E-state index contributed by atoms with van der Waals surface area (Å²) in [6, 6.07) is 13.7. The zero-order valence-corrected chi connectivity index (χ0v) is 14.1. The van der Waals surface area contributed by atoms with Crippen molar-refractivity contribution < 1.29 is 4.21 Å². The van der Waals surface area contributed by atoms with Crippen LogP contribution in [0.4, 0.5) is 0 Å². The van der Waals surface area contributed by atoms with E-state index in [1.807, 2.05) is 25.2 Å². The number of rotatable bonds is 5. The van der Waals surface area contributed by atoms with Gasteiger partial charge in [-0.1, -0.05) is 41.9 Å². The Kier molecular flexibility index (Phi) is 5.57. The van der Waals surface area contributed by atoms with Crippen LogP contribution in [-0.2, 0) is 10.8 Å². The molecule has 0 aliphatic heterocycles. The summed E-state index contributed by atoms with van der Waals surface area (Å²) in [5.41, 5.74) is 3.66. The van der Waals surface area contributed by atoms with Gasteiger partial charge in [0.1, 0.15) is 0 Å². The molecular formula is C17H20ClNOS. The van der Waals surface area contributed by atoms with Gasteiger partial charge in [-0.2, -0.15) is 0 Å². The predicted octanol–water partition coefficient (Wildman–Crippen LogP) is 4.03. The molecule has 0 spiro atoms. The average molecular weight is 322 g/mol. The molecule has 0 aromatic heterocycles. The average Bonchev–Trinajstić information content (AvgIpc) is 2.48. The van der Waals surface area contributed by atoms with Gasteiger partial charge >= 0.3 is 0 Å². The molecule has 2 aromatic carbocycles. The van der Waals surface area contributed by atoms with Crippen molar-refractivity contribution >= 4 is 22.4 Å². The third kappa shape index (κ3) is 3.94. The van der Waals surface area contributed by atoms with E-state index in [0.29, 0.717) is 15.7 Å². The summed E-state index contributed by atoms with van der Waals surface area (Å²) in [6.45, 7) is 4.19. The first-order chi connectivity index (χ1) is 10.0. The number of hydrogen-bond donors (Lipinski definition) is 1. The molecule has 2 atom stereocenters. The fraction of sp³-hybridized carbons (Fsp3) is 0.294. The first-order valence-corrected chi connectivity index (χ1v) is 8.60. The van der Waals surface area contributed by atoms with E-state index in [9.17, 15) is 4.21 Å². The van der Waals surface area contributed by atoms with Gasteiger partial charge in [0.15, 0.2) is 0 Å². The summed E-state index contributed by atoms with van der Waals surface area (Å²) >= 11 is 6.12. The minimum absolute atomic E-state index is 0.0430. The fourth-order valence-corrected chi connectivity index (χ4v) is 3.95. The van der Waals surface area contributed by atoms with E-state index in [-0.39, 0.29) is 6.04 Å². The van der Waals surface area contributed by atoms with Crippen LogP contribution in [0.15, 0.2) is 47.4 Å². The van der Waals surface area contributed by atoms with Crippen molar-refractivity contribution in [1.29, 1.82) is 0 Å². The second kappa shape index (κ2) is 7.21. The van der Waals surface area contributed by atoms with E-state index in [4.69, 9.17) is 11.6 Å². The van der Waals surface area contributed by atoms with Crippen molar-refractivity contribution in [1.82, 2.24) is 5.32 Å². The van der Waals surface area contributed by atoms with Gasteiger partial charge in [0.25, 0.3) is 0 Å². The van der Waals surface area contributed by atoms with Gasteiger partial charge < -0.3 is 5.32 Å². The molecule has 0 radical (unpaired) electrons. The Morgan fingerprint density at radius 3 is 2.48 bits per heavy atom. The van der Waals surface area contributed by atoms with Crippen molar-refractivity contribution in [3.05, 3.63) is 64.2 Å². The topological polar surface area (TPSA) is 29.1 Å². The highest BCUT2D eigenvalue weighted by molar-refractivity contribution is 7.85. The molecule has 21 heavy (non-hydrogen) atoms. The number of hydrogen-bond acceptors (Lipinski definition) is 2. The van der Waals surface area contributed by atoms with Gasteiger partial charge in [-0.3, -0.25) is 4.21 Å². The predicted molar refractivity (Wildman–Crippen MR) is 90.4 cm³/mol. The summed E-state index contributed by atoms with van der Waals surface area (Å²) < 4.78 is 12.5. The molecule has 0 fully saturated rings. The summed E-state index contributed by atoms with van der Waals surface area (Å²) in [5.74, 6) is 0.503. The van der Waals surface area contributed by atoms with E-state index >= 15 is 0 Å². The van der Waals surface area contributed by atoms with Crippen LogP contribution in [0.3, 0.4) is 0 Å². The third-order valence-corrected chi connectivity index (χ3v) is 5.61. The lowest BCUT2D eigenvalue weighted by Gasteiger charge is -2.18. The number of nitrogens with one attached hydrogen (secondary N) is 1. The second-order valence-corrected chi connectivity index (χ2v) is 7.00. The molecule has 2 rings (SSSR count). The van der Waals surface area contributed by atoms with E-state index in [2.05, 4.69) is 37.4 Å². The Balaban J connectivity index is 2.21. The highest BCUT2D eigenvalue weighted by Gasteiger charge is 2.16. The zero-order valence-electron chi connectivity index (χ0n) is 12.5. The van der Waals surface area contributed by atoms with Crippen molar-refractivity contribution in [3.8, 4) is 0 Å². The van der Waals surface area contributed by atoms with E-state index in [1.54, 1.807) is 6.07 Å². The number of aryl methyl sites for hydroxylation is 2. The smallest absolute Gasteiger partial charge is 0.0574 e. The fourth-order valence-electron chi connectivity index (χ4n) is 2.20. The highest BCUT2D eigenvalue weighted by atomic mass is 35.5. The lowest BCUT2D eigenvalue weighted by Crippen LogP contribution is -2.23. The summed E-state index contributed by atoms with van der Waals surface area (Å²) in [7, 11) is 0.761. The molecule has 2 unspecified atom stereocenters. The Hall–Kier alpha value is -1.16. The molecular weight excluding hydrogens is 302 g/mol. The molecule has 112 valence electrons. The summed E-state index contributed by atoms with van der Waals surface area (Å²) in [4.78, 5) is 0.697. The monoisotopic (exact) mass is 321 g/mol. The molecule has 2 nitrogen and oxygen atoms in total. The second-order valence-electron chi connectivity index (χ2n) is 5.13. The molecule has 0 bridgehead atoms. The van der Waals surface area contributed by atoms with E-state index in [1.165, 1.54) is 11.1 Å². The van der Waals surface area contributed by atoms with E-state index < -0.39 is 10.8 Å². The maximum Gasteiger partial charge on any atom is 0.0574 e. The Bertz CT molecular complexity index is 657. The third-order valence-electron chi connectivity index (χ3n) is 3.68. The highest BCUT2D eigenvalue weighted by Crippen LogP contribution is 2.23. The van der Waals surface area contributed by atoms with Crippen molar-refractivity contribution in [2.45, 2.75) is 24.8 Å². The van der Waals surface area contributed by atoms with Gasteiger partial charge in [0.2, 0.25) is 0 Å². The minimum atomic E-state index is -1.13. The molecule has 0 aliphatic carbocycles. The van der Waals surface area contributed by atoms with Gasteiger partial charge in [0, 0.05) is 11.8 Å². The standard InChI is InChI=1S/C17H20ClNOS/c1-12-8-9-14(10-13(12)2)16(19-3)11-21(20)17-7-5-4-6-15(17)18/h4-10,16,19H,11H2,1-3H3.